The molecule has 0 aromatic carbocycles. The number of aromatic amines is 1. The largest absolute Gasteiger partial charge is 0.363 e. The molecular weight excluding hydrogens is 306 g/mol. The van der Waals surface area contributed by atoms with E-state index in [4.69, 9.17) is 0 Å². The van der Waals surface area contributed by atoms with Gasteiger partial charge in [-0.15, -0.1) is 0 Å². The Morgan fingerprint density at radius 2 is 2.24 bits per heavy atom. The third-order valence-electron chi connectivity index (χ3n) is 3.15. The lowest BCUT2D eigenvalue weighted by atomic mass is 10.3. The molecule has 0 aliphatic carbocycles. The summed E-state index contributed by atoms with van der Waals surface area (Å²) in [5.74, 6) is 0. The molecule has 7 heteroatoms. The van der Waals surface area contributed by atoms with E-state index < -0.39 is 10.0 Å². The molecule has 0 saturated heterocycles. The summed E-state index contributed by atoms with van der Waals surface area (Å²) in [6.45, 7) is 4.05. The predicted octanol–water partition coefficient (Wildman–Crippen LogP) is 2.40. The van der Waals surface area contributed by atoms with E-state index in [2.05, 4.69) is 17.2 Å². The zero-order chi connectivity index (χ0) is 15.3. The molecule has 0 radical (unpaired) electrons. The molecule has 0 saturated carbocycles. The first-order valence-corrected chi connectivity index (χ1v) is 9.27. The van der Waals surface area contributed by atoms with E-state index in [9.17, 15) is 8.42 Å². The Morgan fingerprint density at radius 3 is 2.90 bits per heavy atom. The molecule has 2 rings (SSSR count). The number of sulfonamides is 1. The second-order valence-corrected chi connectivity index (χ2v) is 7.75. The Kier molecular flexibility index (Phi) is 5.58. The zero-order valence-corrected chi connectivity index (χ0v) is 13.9. The lowest BCUT2D eigenvalue weighted by Gasteiger charge is -2.15. The number of nitrogens with zero attached hydrogens (tertiary/aromatic N) is 1. The number of thiophene rings is 1. The minimum atomic E-state index is -3.45. The van der Waals surface area contributed by atoms with Gasteiger partial charge in [0.2, 0.25) is 10.0 Å². The number of hydrogen-bond donors (Lipinski definition) is 2. The van der Waals surface area contributed by atoms with Crippen LogP contribution in [0.25, 0.3) is 0 Å². The average Bonchev–Trinajstić information content (AvgIpc) is 3.10. The van der Waals surface area contributed by atoms with Crippen LogP contribution in [0.2, 0.25) is 0 Å². The zero-order valence-electron chi connectivity index (χ0n) is 12.3. The molecule has 0 unspecified atom stereocenters. The number of nitrogens with one attached hydrogen (secondary N) is 2. The second-order valence-electron chi connectivity index (χ2n) is 4.93. The fourth-order valence-corrected chi connectivity index (χ4v) is 3.81. The first kappa shape index (κ1) is 16.2. The maximum Gasteiger partial charge on any atom is 0.244 e. The molecule has 0 aliphatic rings. The summed E-state index contributed by atoms with van der Waals surface area (Å²) < 4.78 is 26.4. The normalized spacial score (nSPS) is 12.1. The van der Waals surface area contributed by atoms with Crippen molar-refractivity contribution in [1.82, 2.24) is 14.6 Å². The summed E-state index contributed by atoms with van der Waals surface area (Å²) >= 11 is 1.57. The highest BCUT2D eigenvalue weighted by Gasteiger charge is 2.22. The van der Waals surface area contributed by atoms with Crippen molar-refractivity contribution in [3.63, 3.8) is 0 Å². The lowest BCUT2D eigenvalue weighted by molar-refractivity contribution is 0.467. The van der Waals surface area contributed by atoms with Gasteiger partial charge in [-0.1, -0.05) is 6.92 Å². The standard InChI is InChI=1S/C14H21N3O2S2/c1-3-5-15-8-13-7-14(9-16-13)21(18,19)17(2)10-12-4-6-20-11-12/h4,6-7,9,11,15-16H,3,5,8,10H2,1-2H3. The molecule has 2 heterocycles. The van der Waals surface area contributed by atoms with Crippen molar-refractivity contribution in [2.75, 3.05) is 13.6 Å². The van der Waals surface area contributed by atoms with Crippen molar-refractivity contribution >= 4 is 21.4 Å². The summed E-state index contributed by atoms with van der Waals surface area (Å²) in [6.07, 6.45) is 2.61. The van der Waals surface area contributed by atoms with Crippen LogP contribution >= 0.6 is 11.3 Å². The van der Waals surface area contributed by atoms with Gasteiger partial charge in [0.05, 0.1) is 4.90 Å². The van der Waals surface area contributed by atoms with E-state index >= 15 is 0 Å². The molecule has 0 fully saturated rings. The van der Waals surface area contributed by atoms with Crippen molar-refractivity contribution < 1.29 is 8.42 Å². The Hall–Kier alpha value is -1.15. The van der Waals surface area contributed by atoms with Gasteiger partial charge >= 0.3 is 0 Å². The van der Waals surface area contributed by atoms with Crippen LogP contribution in [0, 0.1) is 0 Å². The minimum absolute atomic E-state index is 0.313. The molecule has 0 bridgehead atoms. The van der Waals surface area contributed by atoms with Gasteiger partial charge in [-0.2, -0.15) is 15.6 Å². The molecular formula is C14H21N3O2S2. The Balaban J connectivity index is 2.04. The quantitative estimate of drug-likeness (QED) is 0.732. The van der Waals surface area contributed by atoms with Crippen molar-refractivity contribution in [2.24, 2.45) is 0 Å². The van der Waals surface area contributed by atoms with Crippen molar-refractivity contribution in [1.29, 1.82) is 0 Å². The molecule has 21 heavy (non-hydrogen) atoms. The third-order valence-corrected chi connectivity index (χ3v) is 5.67. The third kappa shape index (κ3) is 4.16. The van der Waals surface area contributed by atoms with E-state index in [1.165, 1.54) is 4.31 Å². The number of hydrogen-bond acceptors (Lipinski definition) is 4. The predicted molar refractivity (Wildman–Crippen MR) is 85.8 cm³/mol. The van der Waals surface area contributed by atoms with Gasteiger partial charge in [0.15, 0.2) is 0 Å². The number of aromatic nitrogens is 1. The molecule has 5 nitrogen and oxygen atoms in total. The number of rotatable bonds is 8. The van der Waals surface area contributed by atoms with Crippen LogP contribution in [0.3, 0.4) is 0 Å². The van der Waals surface area contributed by atoms with E-state index in [0.29, 0.717) is 18.0 Å². The van der Waals surface area contributed by atoms with E-state index in [1.807, 2.05) is 16.8 Å². The molecule has 116 valence electrons. The van der Waals surface area contributed by atoms with Crippen LogP contribution in [0.4, 0.5) is 0 Å². The van der Waals surface area contributed by atoms with Gasteiger partial charge in [0.1, 0.15) is 0 Å². The fourth-order valence-electron chi connectivity index (χ4n) is 1.97. The maximum absolute atomic E-state index is 12.5. The second kappa shape index (κ2) is 7.22. The molecule has 2 N–H and O–H groups in total. The summed E-state index contributed by atoms with van der Waals surface area (Å²) in [5, 5.41) is 7.15. The van der Waals surface area contributed by atoms with Gasteiger partial charge in [-0.05, 0) is 41.4 Å². The van der Waals surface area contributed by atoms with Gasteiger partial charge in [-0.25, -0.2) is 8.42 Å². The fraction of sp³-hybridized carbons (Fsp3) is 0.429. The highest BCUT2D eigenvalue weighted by Crippen LogP contribution is 2.18. The van der Waals surface area contributed by atoms with Crippen LogP contribution in [-0.2, 0) is 23.1 Å². The highest BCUT2D eigenvalue weighted by atomic mass is 32.2. The van der Waals surface area contributed by atoms with Gasteiger partial charge in [0.25, 0.3) is 0 Å². The SMILES string of the molecule is CCCNCc1cc(S(=O)(=O)N(C)Cc2ccsc2)c[nH]1. The number of H-pyrrole nitrogens is 1. The molecule has 0 amide bonds. The van der Waals surface area contributed by atoms with E-state index in [0.717, 1.165) is 24.2 Å². The van der Waals surface area contributed by atoms with Crippen LogP contribution in [0.15, 0.2) is 34.0 Å². The highest BCUT2D eigenvalue weighted by molar-refractivity contribution is 7.89. The van der Waals surface area contributed by atoms with Crippen molar-refractivity contribution in [3.8, 4) is 0 Å². The monoisotopic (exact) mass is 327 g/mol. The van der Waals surface area contributed by atoms with Crippen LogP contribution in [-0.4, -0.2) is 31.3 Å². The Labute approximate surface area is 130 Å². The lowest BCUT2D eigenvalue weighted by Crippen LogP contribution is -2.26. The smallest absolute Gasteiger partial charge is 0.244 e. The van der Waals surface area contributed by atoms with Crippen LogP contribution in [0.1, 0.15) is 24.6 Å². The van der Waals surface area contributed by atoms with Crippen LogP contribution < -0.4 is 5.32 Å². The van der Waals surface area contributed by atoms with Crippen molar-refractivity contribution in [3.05, 3.63) is 40.3 Å². The summed E-state index contributed by atoms with van der Waals surface area (Å²) in [4.78, 5) is 3.33. The van der Waals surface area contributed by atoms with Gasteiger partial charge in [-0.3, -0.25) is 0 Å². The van der Waals surface area contributed by atoms with Crippen LogP contribution in [0.5, 0.6) is 0 Å². The first-order chi connectivity index (χ1) is 10.0. The topological polar surface area (TPSA) is 65.2 Å². The molecule has 0 spiro atoms. The Morgan fingerprint density at radius 1 is 1.43 bits per heavy atom. The molecule has 0 atom stereocenters. The molecule has 2 aromatic rings. The average molecular weight is 327 g/mol. The summed E-state index contributed by atoms with van der Waals surface area (Å²) in [5.41, 5.74) is 1.89. The minimum Gasteiger partial charge on any atom is -0.363 e. The maximum atomic E-state index is 12.5. The Bertz CT molecular complexity index is 648. The first-order valence-electron chi connectivity index (χ1n) is 6.89. The van der Waals surface area contributed by atoms with Crippen molar-refractivity contribution in [2.45, 2.75) is 31.3 Å². The molecule has 2 aromatic heterocycles. The molecule has 0 aliphatic heterocycles. The summed E-state index contributed by atoms with van der Waals surface area (Å²) in [7, 11) is -1.84. The van der Waals surface area contributed by atoms with E-state index in [1.54, 1.807) is 30.6 Å². The van der Waals surface area contributed by atoms with Gasteiger partial charge < -0.3 is 10.3 Å². The van der Waals surface area contributed by atoms with E-state index in [-0.39, 0.29) is 0 Å². The summed E-state index contributed by atoms with van der Waals surface area (Å²) in [6, 6.07) is 3.63. The van der Waals surface area contributed by atoms with Gasteiger partial charge in [0, 0.05) is 32.0 Å².